The normalized spacial score (nSPS) is 8.11. The van der Waals surface area contributed by atoms with Gasteiger partial charge in [-0.1, -0.05) is 19.1 Å². The van der Waals surface area contributed by atoms with Crippen molar-refractivity contribution in [1.29, 1.82) is 0 Å². The second-order valence-corrected chi connectivity index (χ2v) is 1.96. The average Bonchev–Trinajstić information content (AvgIpc) is 1.87. The molecule has 0 fully saturated rings. The molecule has 0 radical (unpaired) electrons. The van der Waals surface area contributed by atoms with Gasteiger partial charge in [-0.15, -0.1) is 0 Å². The number of carbonyl (C=O) groups is 1. The SMILES string of the molecule is CCC(=S)OC(=O)C=S. The molecule has 0 amide bonds. The van der Waals surface area contributed by atoms with Gasteiger partial charge >= 0.3 is 5.97 Å². The van der Waals surface area contributed by atoms with Crippen LogP contribution in [0.5, 0.6) is 0 Å². The largest absolute Gasteiger partial charge is 0.415 e. The molecule has 0 bridgehead atoms. The molecular weight excluding hydrogens is 156 g/mol. The lowest BCUT2D eigenvalue weighted by molar-refractivity contribution is -0.127. The first kappa shape index (κ1) is 8.65. The molecule has 0 aromatic rings. The van der Waals surface area contributed by atoms with Crippen molar-refractivity contribution in [3.8, 4) is 0 Å². The lowest BCUT2D eigenvalue weighted by Crippen LogP contribution is -2.08. The van der Waals surface area contributed by atoms with E-state index in [0.29, 0.717) is 6.42 Å². The third-order valence-corrected chi connectivity index (χ3v) is 1.16. The average molecular weight is 162 g/mol. The van der Waals surface area contributed by atoms with Crippen molar-refractivity contribution >= 4 is 40.8 Å². The van der Waals surface area contributed by atoms with Gasteiger partial charge in [-0.05, 0) is 12.2 Å². The van der Waals surface area contributed by atoms with E-state index in [4.69, 9.17) is 0 Å². The number of thiocarbonyl (C=S) groups is 2. The van der Waals surface area contributed by atoms with E-state index in [9.17, 15) is 4.79 Å². The number of ether oxygens (including phenoxy) is 1. The van der Waals surface area contributed by atoms with Gasteiger partial charge in [0.2, 0.25) is 0 Å². The highest BCUT2D eigenvalue weighted by molar-refractivity contribution is 7.80. The molecule has 0 rings (SSSR count). The molecule has 0 saturated heterocycles. The van der Waals surface area contributed by atoms with Crippen LogP contribution in [0.4, 0.5) is 0 Å². The van der Waals surface area contributed by atoms with Crippen LogP contribution in [0.1, 0.15) is 13.3 Å². The minimum absolute atomic E-state index is 0.279. The molecule has 4 heteroatoms. The van der Waals surface area contributed by atoms with Crippen molar-refractivity contribution in [2.45, 2.75) is 13.3 Å². The lowest BCUT2D eigenvalue weighted by Gasteiger charge is -1.96. The number of hydrogen-bond donors (Lipinski definition) is 0. The number of rotatable bonds is 2. The summed E-state index contributed by atoms with van der Waals surface area (Å²) in [4.78, 5) is 10.3. The van der Waals surface area contributed by atoms with E-state index in [1.165, 1.54) is 0 Å². The third kappa shape index (κ3) is 4.17. The third-order valence-electron chi connectivity index (χ3n) is 0.599. The van der Waals surface area contributed by atoms with E-state index >= 15 is 0 Å². The van der Waals surface area contributed by atoms with Gasteiger partial charge in [0.25, 0.3) is 0 Å². The van der Waals surface area contributed by atoms with Crippen molar-refractivity contribution in [3.05, 3.63) is 0 Å². The van der Waals surface area contributed by atoms with Crippen LogP contribution in [0, 0.1) is 0 Å². The molecule has 0 heterocycles. The molecule has 9 heavy (non-hydrogen) atoms. The van der Waals surface area contributed by atoms with Crippen LogP contribution in [0.2, 0.25) is 0 Å². The Hall–Kier alpha value is -0.350. The summed E-state index contributed by atoms with van der Waals surface area (Å²) in [6.45, 7) is 1.80. The molecule has 50 valence electrons. The number of esters is 1. The first-order valence-electron chi connectivity index (χ1n) is 2.40. The predicted octanol–water partition coefficient (Wildman–Crippen LogP) is 1.27. The molecule has 0 unspecified atom stereocenters. The van der Waals surface area contributed by atoms with Gasteiger partial charge in [0.05, 0.1) is 5.37 Å². The van der Waals surface area contributed by atoms with Gasteiger partial charge in [0.1, 0.15) is 0 Å². The second-order valence-electron chi connectivity index (χ2n) is 1.26. The maximum absolute atomic E-state index is 10.3. The molecular formula is C5H6O2S2. The summed E-state index contributed by atoms with van der Waals surface area (Å²) in [5, 5.41) is 1.20. The fourth-order valence-corrected chi connectivity index (χ4v) is 0.339. The monoisotopic (exact) mass is 162 g/mol. The van der Waals surface area contributed by atoms with Crippen LogP contribution < -0.4 is 0 Å². The van der Waals surface area contributed by atoms with Crippen molar-refractivity contribution in [2.24, 2.45) is 0 Å². The Morgan fingerprint density at radius 2 is 2.33 bits per heavy atom. The molecule has 0 saturated carbocycles. The lowest BCUT2D eigenvalue weighted by atomic mass is 10.5. The van der Waals surface area contributed by atoms with E-state index in [1.54, 1.807) is 6.92 Å². The quantitative estimate of drug-likeness (QED) is 0.451. The van der Waals surface area contributed by atoms with E-state index in [1.807, 2.05) is 0 Å². The number of hydrogen-bond acceptors (Lipinski definition) is 4. The maximum Gasteiger partial charge on any atom is 0.347 e. The Kier molecular flexibility index (Phi) is 4.35. The van der Waals surface area contributed by atoms with Crippen molar-refractivity contribution in [3.63, 3.8) is 0 Å². The van der Waals surface area contributed by atoms with E-state index in [0.717, 1.165) is 5.37 Å². The Bertz CT molecular complexity index is 142. The van der Waals surface area contributed by atoms with E-state index in [2.05, 4.69) is 29.2 Å². The van der Waals surface area contributed by atoms with E-state index < -0.39 is 5.97 Å². The molecule has 0 aliphatic heterocycles. The van der Waals surface area contributed by atoms with Gasteiger partial charge in [-0.25, -0.2) is 4.79 Å². The van der Waals surface area contributed by atoms with Crippen LogP contribution in [-0.4, -0.2) is 16.4 Å². The van der Waals surface area contributed by atoms with E-state index in [-0.39, 0.29) is 5.05 Å². The fourth-order valence-electron chi connectivity index (χ4n) is 0.208. The van der Waals surface area contributed by atoms with Crippen molar-refractivity contribution in [1.82, 2.24) is 0 Å². The molecule has 0 atom stereocenters. The van der Waals surface area contributed by atoms with Gasteiger partial charge in [0, 0.05) is 6.42 Å². The molecule has 0 aromatic heterocycles. The summed E-state index contributed by atoms with van der Waals surface area (Å²) in [7, 11) is 0. The summed E-state index contributed by atoms with van der Waals surface area (Å²) in [5.74, 6) is -0.558. The molecule has 0 aliphatic rings. The summed E-state index contributed by atoms with van der Waals surface area (Å²) >= 11 is 8.87. The maximum atomic E-state index is 10.3. The first-order chi connectivity index (χ1) is 4.20. The zero-order valence-electron chi connectivity index (χ0n) is 4.92. The standard InChI is InChI=1S/C5H6O2S2/c1-2-5(9)7-4(6)3-8/h3H,2H2,1H3. The molecule has 0 N–H and O–H groups in total. The zero-order chi connectivity index (χ0) is 7.28. The minimum Gasteiger partial charge on any atom is -0.415 e. The minimum atomic E-state index is -0.558. The van der Waals surface area contributed by atoms with Crippen LogP contribution in [0.25, 0.3) is 0 Å². The predicted molar refractivity (Wildman–Crippen MR) is 42.6 cm³/mol. The Morgan fingerprint density at radius 3 is 2.67 bits per heavy atom. The molecule has 0 aliphatic carbocycles. The highest BCUT2D eigenvalue weighted by atomic mass is 32.1. The van der Waals surface area contributed by atoms with Gasteiger partial charge in [-0.3, -0.25) is 0 Å². The fraction of sp³-hybridized carbons (Fsp3) is 0.400. The summed E-state index contributed by atoms with van der Waals surface area (Å²) in [6.07, 6.45) is 0.560. The van der Waals surface area contributed by atoms with Crippen molar-refractivity contribution < 1.29 is 9.53 Å². The topological polar surface area (TPSA) is 26.3 Å². The van der Waals surface area contributed by atoms with Crippen LogP contribution in [0.3, 0.4) is 0 Å². The summed E-state index contributed by atoms with van der Waals surface area (Å²) in [6, 6.07) is 0. The molecule has 2 nitrogen and oxygen atoms in total. The van der Waals surface area contributed by atoms with Gasteiger partial charge in [0.15, 0.2) is 5.05 Å². The van der Waals surface area contributed by atoms with Crippen molar-refractivity contribution in [2.75, 3.05) is 0 Å². The van der Waals surface area contributed by atoms with Crippen LogP contribution in [0.15, 0.2) is 0 Å². The zero-order valence-corrected chi connectivity index (χ0v) is 6.55. The smallest absolute Gasteiger partial charge is 0.347 e. The van der Waals surface area contributed by atoms with Crippen LogP contribution in [-0.2, 0) is 9.53 Å². The number of carbonyl (C=O) groups excluding carboxylic acids is 1. The Balaban J connectivity index is 3.59. The summed E-state index contributed by atoms with van der Waals surface area (Å²) < 4.78 is 4.48. The Labute approximate surface area is 64.2 Å². The highest BCUT2D eigenvalue weighted by Gasteiger charge is 1.98. The molecule has 0 aromatic carbocycles. The summed E-state index contributed by atoms with van der Waals surface area (Å²) in [5.41, 5.74) is 0. The van der Waals surface area contributed by atoms with Gasteiger partial charge < -0.3 is 4.74 Å². The van der Waals surface area contributed by atoms with Gasteiger partial charge in [-0.2, -0.15) is 0 Å². The first-order valence-corrected chi connectivity index (χ1v) is 3.28. The van der Waals surface area contributed by atoms with Crippen LogP contribution >= 0.6 is 24.4 Å². The second kappa shape index (κ2) is 4.52. The Morgan fingerprint density at radius 1 is 1.78 bits per heavy atom. The molecule has 0 spiro atoms. The highest BCUT2D eigenvalue weighted by Crippen LogP contribution is 1.87.